The van der Waals surface area contributed by atoms with Gasteiger partial charge < -0.3 is 10.6 Å². The number of unbranched alkanes of at least 4 members (excludes halogenated alkanes) is 2. The maximum atomic E-state index is 12.4. The molecular weight excluding hydrogens is 260 g/mol. The molecule has 0 bridgehead atoms. The summed E-state index contributed by atoms with van der Waals surface area (Å²) in [6.45, 7) is 10.2. The average molecular weight is 290 g/mol. The summed E-state index contributed by atoms with van der Waals surface area (Å²) in [5.74, 6) is 0.00937. The molecular formula is C18H30N2O. The fourth-order valence-electron chi connectivity index (χ4n) is 2.38. The summed E-state index contributed by atoms with van der Waals surface area (Å²) in [7, 11) is 0. The fourth-order valence-corrected chi connectivity index (χ4v) is 2.38. The van der Waals surface area contributed by atoms with E-state index < -0.39 is 0 Å². The monoisotopic (exact) mass is 290 g/mol. The smallest absolute Gasteiger partial charge is 0.253 e. The number of hydrogen-bond donors (Lipinski definition) is 2. The molecule has 0 aliphatic carbocycles. The molecule has 0 radical (unpaired) electrons. The summed E-state index contributed by atoms with van der Waals surface area (Å²) in [5, 5.41) is 6.32. The van der Waals surface area contributed by atoms with Crippen LogP contribution in [0.1, 0.15) is 63.7 Å². The van der Waals surface area contributed by atoms with Gasteiger partial charge in [0.15, 0.2) is 0 Å². The zero-order valence-electron chi connectivity index (χ0n) is 14.0. The molecule has 1 rings (SSSR count). The third-order valence-electron chi connectivity index (χ3n) is 3.72. The highest BCUT2D eigenvalue weighted by atomic mass is 16.1. The van der Waals surface area contributed by atoms with Crippen LogP contribution in [-0.2, 0) is 0 Å². The standard InChI is InChI=1S/C18H30N2O/c1-5-7-10-13-18(3,4)14-20-17(21)15-11-8-9-12-16(15)19-6-2/h8-9,11-12,19H,5-7,10,13-14H2,1-4H3,(H,20,21). The molecule has 0 heterocycles. The van der Waals surface area contributed by atoms with Gasteiger partial charge in [-0.05, 0) is 30.9 Å². The number of para-hydroxylation sites is 1. The van der Waals surface area contributed by atoms with Gasteiger partial charge in [-0.25, -0.2) is 0 Å². The molecule has 3 heteroatoms. The van der Waals surface area contributed by atoms with E-state index in [-0.39, 0.29) is 11.3 Å². The highest BCUT2D eigenvalue weighted by Gasteiger charge is 2.19. The summed E-state index contributed by atoms with van der Waals surface area (Å²) < 4.78 is 0. The van der Waals surface area contributed by atoms with Crippen LogP contribution >= 0.6 is 0 Å². The molecule has 0 aliphatic heterocycles. The van der Waals surface area contributed by atoms with Gasteiger partial charge >= 0.3 is 0 Å². The van der Waals surface area contributed by atoms with Crippen molar-refractivity contribution in [1.29, 1.82) is 0 Å². The first kappa shape index (κ1) is 17.5. The maximum Gasteiger partial charge on any atom is 0.253 e. The van der Waals surface area contributed by atoms with Gasteiger partial charge in [0.05, 0.1) is 5.56 Å². The minimum atomic E-state index is 0.00937. The van der Waals surface area contributed by atoms with E-state index in [1.54, 1.807) is 0 Å². The van der Waals surface area contributed by atoms with Gasteiger partial charge in [-0.2, -0.15) is 0 Å². The number of nitrogens with one attached hydrogen (secondary N) is 2. The zero-order chi connectivity index (χ0) is 15.7. The summed E-state index contributed by atoms with van der Waals surface area (Å²) >= 11 is 0. The first-order valence-electron chi connectivity index (χ1n) is 8.11. The van der Waals surface area contributed by atoms with E-state index in [4.69, 9.17) is 0 Å². The number of anilines is 1. The lowest BCUT2D eigenvalue weighted by Gasteiger charge is -2.25. The van der Waals surface area contributed by atoms with Crippen molar-refractivity contribution in [3.05, 3.63) is 29.8 Å². The highest BCUT2D eigenvalue weighted by Crippen LogP contribution is 2.23. The van der Waals surface area contributed by atoms with Crippen LogP contribution in [0.2, 0.25) is 0 Å². The largest absolute Gasteiger partial charge is 0.385 e. The van der Waals surface area contributed by atoms with Gasteiger partial charge in [0.2, 0.25) is 0 Å². The molecule has 0 saturated heterocycles. The Kier molecular flexibility index (Phi) is 7.27. The Morgan fingerprint density at radius 1 is 1.14 bits per heavy atom. The Morgan fingerprint density at radius 3 is 2.52 bits per heavy atom. The normalized spacial score (nSPS) is 11.2. The van der Waals surface area contributed by atoms with Gasteiger partial charge in [-0.3, -0.25) is 4.79 Å². The molecule has 21 heavy (non-hydrogen) atoms. The molecule has 0 saturated carbocycles. The molecule has 0 fully saturated rings. The van der Waals surface area contributed by atoms with E-state index in [0.717, 1.165) is 30.8 Å². The second-order valence-electron chi connectivity index (χ2n) is 6.38. The molecule has 0 spiro atoms. The predicted octanol–water partition coefficient (Wildman–Crippen LogP) is 4.45. The van der Waals surface area contributed by atoms with Crippen LogP contribution in [0.25, 0.3) is 0 Å². The minimum Gasteiger partial charge on any atom is -0.385 e. The Morgan fingerprint density at radius 2 is 1.86 bits per heavy atom. The van der Waals surface area contributed by atoms with E-state index >= 15 is 0 Å². The Labute approximate surface area is 129 Å². The summed E-state index contributed by atoms with van der Waals surface area (Å²) in [6.07, 6.45) is 4.88. The lowest BCUT2D eigenvalue weighted by Crippen LogP contribution is -2.34. The average Bonchev–Trinajstić information content (AvgIpc) is 2.46. The number of benzene rings is 1. The number of amides is 1. The van der Waals surface area contributed by atoms with Crippen LogP contribution in [0.5, 0.6) is 0 Å². The summed E-state index contributed by atoms with van der Waals surface area (Å²) in [4.78, 5) is 12.4. The Hall–Kier alpha value is -1.51. The van der Waals surface area contributed by atoms with Gasteiger partial charge in [-0.1, -0.05) is 52.2 Å². The van der Waals surface area contributed by atoms with Gasteiger partial charge in [-0.15, -0.1) is 0 Å². The topological polar surface area (TPSA) is 41.1 Å². The minimum absolute atomic E-state index is 0.00937. The van der Waals surface area contributed by atoms with Crippen molar-refractivity contribution in [2.24, 2.45) is 5.41 Å². The molecule has 0 aliphatic rings. The van der Waals surface area contributed by atoms with Crippen molar-refractivity contribution >= 4 is 11.6 Å². The van der Waals surface area contributed by atoms with Crippen LogP contribution in [0.15, 0.2) is 24.3 Å². The van der Waals surface area contributed by atoms with Crippen LogP contribution in [0.4, 0.5) is 5.69 Å². The number of carbonyl (C=O) groups is 1. The van der Waals surface area contributed by atoms with Crippen molar-refractivity contribution in [3.8, 4) is 0 Å². The van der Waals surface area contributed by atoms with Crippen LogP contribution in [0.3, 0.4) is 0 Å². The lowest BCUT2D eigenvalue weighted by atomic mass is 9.87. The van der Waals surface area contributed by atoms with Crippen LogP contribution in [-0.4, -0.2) is 19.0 Å². The highest BCUT2D eigenvalue weighted by molar-refractivity contribution is 5.99. The van der Waals surface area contributed by atoms with E-state index in [1.807, 2.05) is 31.2 Å². The lowest BCUT2D eigenvalue weighted by molar-refractivity contribution is 0.0935. The molecule has 3 nitrogen and oxygen atoms in total. The third-order valence-corrected chi connectivity index (χ3v) is 3.72. The van der Waals surface area contributed by atoms with Crippen molar-refractivity contribution in [1.82, 2.24) is 5.32 Å². The van der Waals surface area contributed by atoms with Gasteiger partial charge in [0, 0.05) is 18.8 Å². The quantitative estimate of drug-likeness (QED) is 0.659. The number of hydrogen-bond acceptors (Lipinski definition) is 2. The molecule has 1 amide bonds. The molecule has 0 aromatic heterocycles. The number of carbonyl (C=O) groups excluding carboxylic acids is 1. The maximum absolute atomic E-state index is 12.4. The van der Waals surface area contributed by atoms with E-state index in [9.17, 15) is 4.79 Å². The Balaban J connectivity index is 2.57. The van der Waals surface area contributed by atoms with Crippen molar-refractivity contribution in [2.45, 2.75) is 53.4 Å². The van der Waals surface area contributed by atoms with Crippen molar-refractivity contribution in [3.63, 3.8) is 0 Å². The molecule has 118 valence electrons. The van der Waals surface area contributed by atoms with Gasteiger partial charge in [0.25, 0.3) is 5.91 Å². The second kappa shape index (κ2) is 8.71. The predicted molar refractivity (Wildman–Crippen MR) is 90.9 cm³/mol. The SMILES string of the molecule is CCCCCC(C)(C)CNC(=O)c1ccccc1NCC. The number of rotatable bonds is 9. The van der Waals surface area contributed by atoms with Crippen LogP contribution < -0.4 is 10.6 Å². The van der Waals surface area contributed by atoms with Gasteiger partial charge in [0.1, 0.15) is 0 Å². The molecule has 1 aromatic carbocycles. The molecule has 2 N–H and O–H groups in total. The summed E-state index contributed by atoms with van der Waals surface area (Å²) in [6, 6.07) is 7.67. The van der Waals surface area contributed by atoms with E-state index in [0.29, 0.717) is 0 Å². The Bertz CT molecular complexity index is 441. The first-order chi connectivity index (χ1) is 10.00. The zero-order valence-corrected chi connectivity index (χ0v) is 14.0. The van der Waals surface area contributed by atoms with Crippen molar-refractivity contribution < 1.29 is 4.79 Å². The molecule has 0 unspecified atom stereocenters. The first-order valence-corrected chi connectivity index (χ1v) is 8.11. The summed E-state index contributed by atoms with van der Waals surface area (Å²) in [5.41, 5.74) is 1.78. The molecule has 1 aromatic rings. The van der Waals surface area contributed by atoms with E-state index in [1.165, 1.54) is 19.3 Å². The van der Waals surface area contributed by atoms with Crippen LogP contribution in [0, 0.1) is 5.41 Å². The molecule has 0 atom stereocenters. The fraction of sp³-hybridized carbons (Fsp3) is 0.611. The van der Waals surface area contributed by atoms with E-state index in [2.05, 4.69) is 31.4 Å². The second-order valence-corrected chi connectivity index (χ2v) is 6.38. The third kappa shape index (κ3) is 6.19. The van der Waals surface area contributed by atoms with Crippen molar-refractivity contribution in [2.75, 3.05) is 18.4 Å².